The maximum Gasteiger partial charge on any atom is 0.270 e. The van der Waals surface area contributed by atoms with Gasteiger partial charge in [-0.15, -0.1) is 10.2 Å². The van der Waals surface area contributed by atoms with E-state index in [1.807, 2.05) is 4.90 Å². The van der Waals surface area contributed by atoms with Crippen molar-refractivity contribution >= 4 is 16.8 Å². The van der Waals surface area contributed by atoms with E-state index in [2.05, 4.69) is 19.7 Å². The Morgan fingerprint density at radius 2 is 2.04 bits per heavy atom. The van der Waals surface area contributed by atoms with Gasteiger partial charge in [0, 0.05) is 42.9 Å². The predicted octanol–water partition coefficient (Wildman–Crippen LogP) is 3.64. The molecule has 1 amide bonds. The van der Waals surface area contributed by atoms with E-state index >= 15 is 0 Å². The molecule has 2 aromatic heterocycles. The van der Waals surface area contributed by atoms with Gasteiger partial charge in [0.15, 0.2) is 0 Å². The highest BCUT2D eigenvalue weighted by Gasteiger charge is 2.30. The highest BCUT2D eigenvalue weighted by atomic mass is 19.1. The molecule has 1 unspecified atom stereocenters. The summed E-state index contributed by atoms with van der Waals surface area (Å²) in [6, 6.07) is 6.27. The monoisotopic (exact) mass is 381 g/mol. The van der Waals surface area contributed by atoms with E-state index in [4.69, 9.17) is 0 Å². The van der Waals surface area contributed by atoms with Gasteiger partial charge in [0.1, 0.15) is 23.2 Å². The number of piperidine rings is 1. The minimum atomic E-state index is -0.295. The summed E-state index contributed by atoms with van der Waals surface area (Å²) < 4.78 is 15.7. The third kappa shape index (κ3) is 3.08. The van der Waals surface area contributed by atoms with Crippen molar-refractivity contribution in [3.05, 3.63) is 47.4 Å². The molecule has 1 saturated heterocycles. The number of hydrogen-bond acceptors (Lipinski definition) is 3. The summed E-state index contributed by atoms with van der Waals surface area (Å²) in [4.78, 5) is 18.1. The van der Waals surface area contributed by atoms with E-state index in [0.717, 1.165) is 54.9 Å². The lowest BCUT2D eigenvalue weighted by Gasteiger charge is -2.32. The van der Waals surface area contributed by atoms with Crippen LogP contribution >= 0.6 is 0 Å². The number of aromatic nitrogens is 4. The Morgan fingerprint density at radius 1 is 1.11 bits per heavy atom. The number of H-pyrrole nitrogens is 1. The van der Waals surface area contributed by atoms with Gasteiger partial charge in [0.2, 0.25) is 0 Å². The number of amides is 1. The lowest BCUT2D eigenvalue weighted by Crippen LogP contribution is -2.40. The van der Waals surface area contributed by atoms with Crippen LogP contribution in [0.15, 0.2) is 24.3 Å². The van der Waals surface area contributed by atoms with Crippen LogP contribution in [-0.4, -0.2) is 43.6 Å². The van der Waals surface area contributed by atoms with Crippen molar-refractivity contribution in [1.29, 1.82) is 0 Å². The number of aryl methyl sites for hydroxylation is 1. The lowest BCUT2D eigenvalue weighted by atomic mass is 9.96. The quantitative estimate of drug-likeness (QED) is 0.737. The number of fused-ring (bicyclic) bond motifs is 2. The smallest absolute Gasteiger partial charge is 0.270 e. The molecule has 1 aromatic carbocycles. The third-order valence-corrected chi connectivity index (χ3v) is 6.03. The largest absolute Gasteiger partial charge is 0.351 e. The van der Waals surface area contributed by atoms with Crippen LogP contribution in [0.5, 0.6) is 0 Å². The van der Waals surface area contributed by atoms with Crippen molar-refractivity contribution in [3.63, 3.8) is 0 Å². The molecule has 0 saturated carbocycles. The maximum absolute atomic E-state index is 13.5. The molecule has 2 aliphatic heterocycles. The molecule has 4 heterocycles. The normalized spacial score (nSPS) is 20.2. The van der Waals surface area contributed by atoms with Crippen molar-refractivity contribution < 1.29 is 9.18 Å². The number of nitrogens with zero attached hydrogens (tertiary/aromatic N) is 4. The van der Waals surface area contributed by atoms with E-state index < -0.39 is 0 Å². The first-order valence-corrected chi connectivity index (χ1v) is 10.2. The SMILES string of the molecule is O=C(c1cc2cc(F)ccc2[nH]1)N1CCCC(c2nnc3n2CCCCC3)C1. The number of halogens is 1. The molecule has 1 fully saturated rings. The minimum absolute atomic E-state index is 0.0306. The van der Waals surface area contributed by atoms with Crippen LogP contribution in [0.25, 0.3) is 10.9 Å². The summed E-state index contributed by atoms with van der Waals surface area (Å²) in [5, 5.41) is 9.65. The Labute approximate surface area is 162 Å². The van der Waals surface area contributed by atoms with Crippen LogP contribution in [0.4, 0.5) is 4.39 Å². The second kappa shape index (κ2) is 7.04. The molecule has 0 bridgehead atoms. The van der Waals surface area contributed by atoms with E-state index in [1.54, 1.807) is 12.1 Å². The molecule has 6 nitrogen and oxygen atoms in total. The van der Waals surface area contributed by atoms with E-state index in [9.17, 15) is 9.18 Å². The van der Waals surface area contributed by atoms with E-state index in [0.29, 0.717) is 12.2 Å². The summed E-state index contributed by atoms with van der Waals surface area (Å²) in [6.07, 6.45) is 6.55. The molecule has 2 aliphatic rings. The molecule has 0 radical (unpaired) electrons. The van der Waals surface area contributed by atoms with Crippen LogP contribution in [-0.2, 0) is 13.0 Å². The molecule has 5 rings (SSSR count). The van der Waals surface area contributed by atoms with E-state index in [1.165, 1.54) is 31.4 Å². The van der Waals surface area contributed by atoms with Gasteiger partial charge in [-0.25, -0.2) is 4.39 Å². The highest BCUT2D eigenvalue weighted by molar-refractivity contribution is 5.98. The fraction of sp³-hybridized carbons (Fsp3) is 0.476. The van der Waals surface area contributed by atoms with Crippen molar-refractivity contribution in [1.82, 2.24) is 24.6 Å². The number of aromatic amines is 1. The second-order valence-electron chi connectivity index (χ2n) is 7.94. The zero-order valence-electron chi connectivity index (χ0n) is 15.8. The zero-order chi connectivity index (χ0) is 19.1. The van der Waals surface area contributed by atoms with Gasteiger partial charge in [-0.1, -0.05) is 6.42 Å². The highest BCUT2D eigenvalue weighted by Crippen LogP contribution is 2.29. The van der Waals surface area contributed by atoms with Gasteiger partial charge in [-0.3, -0.25) is 4.79 Å². The first-order valence-electron chi connectivity index (χ1n) is 10.2. The van der Waals surface area contributed by atoms with E-state index in [-0.39, 0.29) is 17.6 Å². The Hall–Kier alpha value is -2.70. The van der Waals surface area contributed by atoms with Gasteiger partial charge in [-0.05, 0) is 49.9 Å². The molecule has 3 aromatic rings. The number of likely N-dealkylation sites (tertiary alicyclic amines) is 1. The summed E-state index contributed by atoms with van der Waals surface area (Å²) in [6.45, 7) is 2.37. The number of rotatable bonds is 2. The molecule has 7 heteroatoms. The second-order valence-corrected chi connectivity index (χ2v) is 7.94. The molecule has 1 atom stereocenters. The van der Waals surface area contributed by atoms with Crippen molar-refractivity contribution in [3.8, 4) is 0 Å². The predicted molar refractivity (Wildman–Crippen MR) is 104 cm³/mol. The fourth-order valence-corrected chi connectivity index (χ4v) is 4.57. The molecular formula is C21H24FN5O. The minimum Gasteiger partial charge on any atom is -0.351 e. The molecule has 0 spiro atoms. The van der Waals surface area contributed by atoms with Gasteiger partial charge in [0.05, 0.1) is 0 Å². The Bertz CT molecular complexity index is 1020. The Kier molecular flexibility index (Phi) is 4.37. The average molecular weight is 381 g/mol. The number of benzene rings is 1. The number of hydrogen-bond donors (Lipinski definition) is 1. The standard InChI is InChI=1S/C21H24FN5O/c22-16-7-8-17-15(11-16)12-18(23-17)21(28)26-9-4-5-14(13-26)20-25-24-19-6-2-1-3-10-27(19)20/h7-8,11-12,14,23H,1-6,9-10,13H2. The average Bonchev–Trinajstić information content (AvgIpc) is 3.24. The summed E-state index contributed by atoms with van der Waals surface area (Å²) in [5.41, 5.74) is 1.29. The molecule has 0 aliphatic carbocycles. The van der Waals surface area contributed by atoms with Gasteiger partial charge >= 0.3 is 0 Å². The van der Waals surface area contributed by atoms with Crippen molar-refractivity contribution in [2.24, 2.45) is 0 Å². The summed E-state index contributed by atoms with van der Waals surface area (Å²) in [5.74, 6) is 2.02. The molecule has 1 N–H and O–H groups in total. The van der Waals surface area contributed by atoms with Crippen LogP contribution in [0.2, 0.25) is 0 Å². The number of nitrogens with one attached hydrogen (secondary N) is 1. The molecule has 146 valence electrons. The molecule has 28 heavy (non-hydrogen) atoms. The van der Waals surface area contributed by atoms with Crippen molar-refractivity contribution in [2.45, 2.75) is 51.0 Å². The fourth-order valence-electron chi connectivity index (χ4n) is 4.57. The number of carbonyl (C=O) groups is 1. The molecular weight excluding hydrogens is 357 g/mol. The Balaban J connectivity index is 1.38. The van der Waals surface area contributed by atoms with Crippen LogP contribution < -0.4 is 0 Å². The number of carbonyl (C=O) groups excluding carboxylic acids is 1. The van der Waals surface area contributed by atoms with Gasteiger partial charge in [-0.2, -0.15) is 0 Å². The Morgan fingerprint density at radius 3 is 2.96 bits per heavy atom. The maximum atomic E-state index is 13.5. The van der Waals surface area contributed by atoms with Gasteiger partial charge in [0.25, 0.3) is 5.91 Å². The van der Waals surface area contributed by atoms with Crippen LogP contribution in [0, 0.1) is 5.82 Å². The third-order valence-electron chi connectivity index (χ3n) is 6.03. The van der Waals surface area contributed by atoms with Crippen molar-refractivity contribution in [2.75, 3.05) is 13.1 Å². The topological polar surface area (TPSA) is 66.8 Å². The van der Waals surface area contributed by atoms with Crippen LogP contribution in [0.1, 0.15) is 60.2 Å². The first kappa shape index (κ1) is 17.4. The lowest BCUT2D eigenvalue weighted by molar-refractivity contribution is 0.0698. The summed E-state index contributed by atoms with van der Waals surface area (Å²) in [7, 11) is 0. The zero-order valence-corrected chi connectivity index (χ0v) is 15.8. The summed E-state index contributed by atoms with van der Waals surface area (Å²) >= 11 is 0. The first-order chi connectivity index (χ1) is 13.7. The van der Waals surface area contributed by atoms with Gasteiger partial charge < -0.3 is 14.5 Å². The van der Waals surface area contributed by atoms with Crippen LogP contribution in [0.3, 0.4) is 0 Å².